The Bertz CT molecular complexity index is 472. The van der Waals surface area contributed by atoms with Crippen molar-refractivity contribution in [3.63, 3.8) is 0 Å². The molecule has 1 aromatic rings. The van der Waals surface area contributed by atoms with Crippen molar-refractivity contribution in [2.75, 3.05) is 24.6 Å². The highest BCUT2D eigenvalue weighted by Crippen LogP contribution is 2.37. The Labute approximate surface area is 133 Å². The van der Waals surface area contributed by atoms with E-state index in [4.69, 9.17) is 10.5 Å². The molecule has 4 nitrogen and oxygen atoms in total. The second-order valence-corrected chi connectivity index (χ2v) is 6.83. The Morgan fingerprint density at radius 3 is 2.64 bits per heavy atom. The maximum atomic E-state index is 10.2. The van der Waals surface area contributed by atoms with E-state index in [1.165, 1.54) is 18.5 Å². The van der Waals surface area contributed by atoms with Gasteiger partial charge in [0, 0.05) is 24.8 Å². The fourth-order valence-corrected chi connectivity index (χ4v) is 3.56. The fraction of sp³-hybridized carbons (Fsp3) is 0.667. The number of anilines is 1. The van der Waals surface area contributed by atoms with Gasteiger partial charge in [-0.15, -0.1) is 0 Å². The minimum atomic E-state index is -0.127. The molecule has 1 aromatic carbocycles. The first-order valence-corrected chi connectivity index (χ1v) is 8.57. The van der Waals surface area contributed by atoms with E-state index in [1.807, 2.05) is 19.1 Å². The predicted molar refractivity (Wildman–Crippen MR) is 89.3 cm³/mol. The Morgan fingerprint density at radius 2 is 2.00 bits per heavy atom. The molecule has 2 aliphatic rings. The summed E-state index contributed by atoms with van der Waals surface area (Å²) in [5.41, 5.74) is 7.45. The third-order valence-electron chi connectivity index (χ3n) is 4.82. The van der Waals surface area contributed by atoms with Crippen LogP contribution in [-0.4, -0.2) is 36.9 Å². The molecule has 1 saturated carbocycles. The number of hydrogen-bond acceptors (Lipinski definition) is 4. The molecule has 2 fully saturated rings. The minimum Gasteiger partial charge on any atom is -0.494 e. The molecule has 0 bridgehead atoms. The molecular weight excluding hydrogens is 276 g/mol. The summed E-state index contributed by atoms with van der Waals surface area (Å²) in [7, 11) is 0. The summed E-state index contributed by atoms with van der Waals surface area (Å²) in [6, 6.07) is 8.45. The number of nitrogens with two attached hydrogens (primary N) is 1. The average Bonchev–Trinajstić information content (AvgIpc) is 3.32. The zero-order valence-corrected chi connectivity index (χ0v) is 13.4. The Kier molecular flexibility index (Phi) is 4.89. The third-order valence-corrected chi connectivity index (χ3v) is 4.82. The van der Waals surface area contributed by atoms with Crippen LogP contribution in [0.25, 0.3) is 0 Å². The van der Waals surface area contributed by atoms with Crippen LogP contribution in [0.4, 0.5) is 5.69 Å². The van der Waals surface area contributed by atoms with Gasteiger partial charge in [0.05, 0.1) is 12.7 Å². The summed E-state index contributed by atoms with van der Waals surface area (Å²) in [6.45, 7) is 4.57. The molecule has 1 aliphatic carbocycles. The van der Waals surface area contributed by atoms with Crippen LogP contribution in [0.5, 0.6) is 5.75 Å². The maximum absolute atomic E-state index is 10.2. The van der Waals surface area contributed by atoms with E-state index in [0.717, 1.165) is 31.7 Å². The van der Waals surface area contributed by atoms with Crippen molar-refractivity contribution in [3.8, 4) is 5.75 Å². The van der Waals surface area contributed by atoms with Gasteiger partial charge in [-0.2, -0.15) is 0 Å². The summed E-state index contributed by atoms with van der Waals surface area (Å²) < 4.78 is 5.50. The van der Waals surface area contributed by atoms with Gasteiger partial charge in [0.15, 0.2) is 0 Å². The van der Waals surface area contributed by atoms with Crippen LogP contribution >= 0.6 is 0 Å². The average molecular weight is 304 g/mol. The van der Waals surface area contributed by atoms with E-state index in [0.29, 0.717) is 18.4 Å². The molecule has 0 amide bonds. The molecule has 3 N–H and O–H groups in total. The quantitative estimate of drug-likeness (QED) is 0.847. The van der Waals surface area contributed by atoms with Crippen LogP contribution in [-0.2, 0) is 0 Å². The zero-order chi connectivity index (χ0) is 15.5. The summed E-state index contributed by atoms with van der Waals surface area (Å²) in [5.74, 6) is 1.95. The molecule has 122 valence electrons. The normalized spacial score (nSPS) is 26.8. The number of piperidine rings is 1. The van der Waals surface area contributed by atoms with Crippen molar-refractivity contribution >= 4 is 5.69 Å². The van der Waals surface area contributed by atoms with Gasteiger partial charge in [0.25, 0.3) is 0 Å². The molecule has 0 spiro atoms. The van der Waals surface area contributed by atoms with Crippen molar-refractivity contribution in [1.82, 2.24) is 0 Å². The second kappa shape index (κ2) is 6.88. The Morgan fingerprint density at radius 1 is 1.27 bits per heavy atom. The largest absolute Gasteiger partial charge is 0.494 e. The third kappa shape index (κ3) is 3.93. The molecule has 1 aliphatic heterocycles. The van der Waals surface area contributed by atoms with E-state index >= 15 is 0 Å². The SMILES string of the molecule is CCOc1ccc(N2CC(N)CC(CC(O)C3CC3)C2)cc1. The number of rotatable bonds is 6. The first kappa shape index (κ1) is 15.6. The Hall–Kier alpha value is -1.26. The topological polar surface area (TPSA) is 58.7 Å². The molecule has 3 atom stereocenters. The highest BCUT2D eigenvalue weighted by atomic mass is 16.5. The summed E-state index contributed by atoms with van der Waals surface area (Å²) in [4.78, 5) is 2.36. The molecular formula is C18H28N2O2. The number of benzene rings is 1. The van der Waals surface area contributed by atoms with Crippen LogP contribution in [0.1, 0.15) is 32.6 Å². The van der Waals surface area contributed by atoms with Crippen molar-refractivity contribution in [2.24, 2.45) is 17.6 Å². The summed E-state index contributed by atoms with van der Waals surface area (Å²) in [5, 5.41) is 10.2. The number of aliphatic hydroxyl groups is 1. The zero-order valence-electron chi connectivity index (χ0n) is 13.4. The lowest BCUT2D eigenvalue weighted by molar-refractivity contribution is 0.114. The van der Waals surface area contributed by atoms with Gasteiger partial charge in [-0.25, -0.2) is 0 Å². The molecule has 1 saturated heterocycles. The molecule has 3 unspecified atom stereocenters. The van der Waals surface area contributed by atoms with Crippen LogP contribution < -0.4 is 15.4 Å². The fourth-order valence-electron chi connectivity index (χ4n) is 3.56. The lowest BCUT2D eigenvalue weighted by atomic mass is 9.88. The van der Waals surface area contributed by atoms with E-state index in [2.05, 4.69) is 17.0 Å². The summed E-state index contributed by atoms with van der Waals surface area (Å²) in [6.07, 6.45) is 4.19. The Balaban J connectivity index is 1.61. The maximum Gasteiger partial charge on any atom is 0.119 e. The number of nitrogens with zero attached hydrogens (tertiary/aromatic N) is 1. The highest BCUT2D eigenvalue weighted by molar-refractivity contribution is 5.49. The first-order valence-electron chi connectivity index (χ1n) is 8.57. The highest BCUT2D eigenvalue weighted by Gasteiger charge is 2.34. The first-order chi connectivity index (χ1) is 10.7. The van der Waals surface area contributed by atoms with Gasteiger partial charge >= 0.3 is 0 Å². The van der Waals surface area contributed by atoms with E-state index in [9.17, 15) is 5.11 Å². The molecule has 0 aromatic heterocycles. The molecule has 22 heavy (non-hydrogen) atoms. The van der Waals surface area contributed by atoms with E-state index in [-0.39, 0.29) is 12.1 Å². The van der Waals surface area contributed by atoms with Crippen LogP contribution in [0.2, 0.25) is 0 Å². The van der Waals surface area contributed by atoms with Gasteiger partial charge in [-0.1, -0.05) is 0 Å². The molecule has 0 radical (unpaired) electrons. The van der Waals surface area contributed by atoms with Crippen molar-refractivity contribution in [3.05, 3.63) is 24.3 Å². The second-order valence-electron chi connectivity index (χ2n) is 6.83. The predicted octanol–water partition coefficient (Wildman–Crippen LogP) is 2.40. The van der Waals surface area contributed by atoms with Crippen molar-refractivity contribution in [1.29, 1.82) is 0 Å². The van der Waals surface area contributed by atoms with Crippen LogP contribution in [0, 0.1) is 11.8 Å². The number of ether oxygens (including phenoxy) is 1. The standard InChI is InChI=1S/C18H28N2O2/c1-2-22-17-7-5-16(6-8-17)20-11-13(9-15(19)12-20)10-18(21)14-3-4-14/h5-8,13-15,18,21H,2-4,9-12,19H2,1H3. The lowest BCUT2D eigenvalue weighted by Crippen LogP contribution is -2.47. The van der Waals surface area contributed by atoms with E-state index in [1.54, 1.807) is 0 Å². The number of hydrogen-bond donors (Lipinski definition) is 2. The number of aliphatic hydroxyl groups excluding tert-OH is 1. The van der Waals surface area contributed by atoms with Gasteiger partial charge in [0.1, 0.15) is 5.75 Å². The summed E-state index contributed by atoms with van der Waals surface area (Å²) >= 11 is 0. The van der Waals surface area contributed by atoms with E-state index < -0.39 is 0 Å². The van der Waals surface area contributed by atoms with Gasteiger partial charge < -0.3 is 20.5 Å². The molecule has 4 heteroatoms. The van der Waals surface area contributed by atoms with Gasteiger partial charge in [0.2, 0.25) is 0 Å². The smallest absolute Gasteiger partial charge is 0.119 e. The van der Waals surface area contributed by atoms with Gasteiger partial charge in [-0.3, -0.25) is 0 Å². The minimum absolute atomic E-state index is 0.127. The van der Waals surface area contributed by atoms with Gasteiger partial charge in [-0.05, 0) is 68.7 Å². The monoisotopic (exact) mass is 304 g/mol. The van der Waals surface area contributed by atoms with Crippen molar-refractivity contribution < 1.29 is 9.84 Å². The molecule has 3 rings (SSSR count). The van der Waals surface area contributed by atoms with Crippen LogP contribution in [0.3, 0.4) is 0 Å². The van der Waals surface area contributed by atoms with Crippen molar-refractivity contribution in [2.45, 2.75) is 44.8 Å². The van der Waals surface area contributed by atoms with Crippen LogP contribution in [0.15, 0.2) is 24.3 Å². The lowest BCUT2D eigenvalue weighted by Gasteiger charge is -2.38. The molecule has 1 heterocycles.